The zero-order chi connectivity index (χ0) is 12.3. The third-order valence-corrected chi connectivity index (χ3v) is 3.01. The van der Waals surface area contributed by atoms with Crippen LogP contribution >= 0.6 is 0 Å². The Morgan fingerprint density at radius 3 is 3.06 bits per heavy atom. The Morgan fingerprint density at radius 2 is 2.41 bits per heavy atom. The Balaban J connectivity index is 1.86. The molecule has 2 unspecified atom stereocenters. The summed E-state index contributed by atoms with van der Waals surface area (Å²) in [6.07, 6.45) is 0.962. The maximum atomic E-state index is 10.4. The molecule has 6 nitrogen and oxygen atoms in total. The van der Waals surface area contributed by atoms with E-state index in [1.54, 1.807) is 6.07 Å². The lowest BCUT2D eigenvalue weighted by Crippen LogP contribution is -2.40. The van der Waals surface area contributed by atoms with Crippen molar-refractivity contribution < 1.29 is 14.1 Å². The number of furan rings is 1. The van der Waals surface area contributed by atoms with Crippen LogP contribution in [0, 0.1) is 16.0 Å². The van der Waals surface area contributed by atoms with Crippen LogP contribution in [0.4, 0.5) is 5.88 Å². The Morgan fingerprint density at radius 1 is 1.59 bits per heavy atom. The Labute approximate surface area is 99.1 Å². The van der Waals surface area contributed by atoms with Gasteiger partial charge in [-0.25, -0.2) is 0 Å². The van der Waals surface area contributed by atoms with E-state index in [1.807, 2.05) is 0 Å². The highest BCUT2D eigenvalue weighted by Crippen LogP contribution is 2.17. The normalized spacial score (nSPS) is 24.8. The summed E-state index contributed by atoms with van der Waals surface area (Å²) in [7, 11) is 0. The summed E-state index contributed by atoms with van der Waals surface area (Å²) in [4.78, 5) is 9.92. The first-order valence-corrected chi connectivity index (χ1v) is 5.71. The number of hydrogen-bond acceptors (Lipinski definition) is 5. The van der Waals surface area contributed by atoms with Crippen LogP contribution in [0.25, 0.3) is 0 Å². The van der Waals surface area contributed by atoms with Crippen LogP contribution in [0.3, 0.4) is 0 Å². The summed E-state index contributed by atoms with van der Waals surface area (Å²) in [6, 6.07) is 3.40. The topological polar surface area (TPSA) is 77.5 Å². The molecule has 1 N–H and O–H groups in total. The second-order valence-electron chi connectivity index (χ2n) is 4.33. The lowest BCUT2D eigenvalue weighted by Gasteiger charge is -2.29. The minimum atomic E-state index is -0.527. The summed E-state index contributed by atoms with van der Waals surface area (Å²) < 4.78 is 10.4. The molecule has 0 amide bonds. The predicted octanol–water partition coefficient (Wildman–Crippen LogP) is 1.70. The van der Waals surface area contributed by atoms with Crippen LogP contribution < -0.4 is 5.32 Å². The zero-order valence-corrected chi connectivity index (χ0v) is 9.72. The van der Waals surface area contributed by atoms with Crippen LogP contribution in [0.1, 0.15) is 19.1 Å². The van der Waals surface area contributed by atoms with Gasteiger partial charge in [-0.2, -0.15) is 0 Å². The average Bonchev–Trinajstić information content (AvgIpc) is 2.77. The van der Waals surface area contributed by atoms with E-state index < -0.39 is 4.92 Å². The van der Waals surface area contributed by atoms with Crippen LogP contribution in [-0.2, 0) is 11.3 Å². The third kappa shape index (κ3) is 3.04. The zero-order valence-electron chi connectivity index (χ0n) is 9.72. The minimum Gasteiger partial charge on any atom is -0.404 e. The summed E-state index contributed by atoms with van der Waals surface area (Å²) in [5.41, 5.74) is 0. The average molecular weight is 240 g/mol. The van der Waals surface area contributed by atoms with Gasteiger partial charge >= 0.3 is 5.88 Å². The molecule has 2 rings (SSSR count). The molecule has 6 heteroatoms. The van der Waals surface area contributed by atoms with Crippen molar-refractivity contribution in [2.24, 2.45) is 5.92 Å². The molecule has 0 saturated carbocycles. The molecular weight excluding hydrogens is 224 g/mol. The lowest BCUT2D eigenvalue weighted by molar-refractivity contribution is -0.402. The van der Waals surface area contributed by atoms with Gasteiger partial charge < -0.3 is 14.5 Å². The van der Waals surface area contributed by atoms with Crippen LogP contribution in [-0.4, -0.2) is 24.2 Å². The van der Waals surface area contributed by atoms with Gasteiger partial charge in [0.25, 0.3) is 0 Å². The van der Waals surface area contributed by atoms with E-state index in [4.69, 9.17) is 9.15 Å². The highest BCUT2D eigenvalue weighted by molar-refractivity contribution is 5.17. The SMILES string of the molecule is CC1COCCC1NCc1ccc([N+](=O)[O-])o1. The van der Waals surface area contributed by atoms with Crippen molar-refractivity contribution in [1.82, 2.24) is 5.32 Å². The third-order valence-electron chi connectivity index (χ3n) is 3.01. The van der Waals surface area contributed by atoms with E-state index in [-0.39, 0.29) is 5.88 Å². The van der Waals surface area contributed by atoms with E-state index in [1.165, 1.54) is 6.07 Å². The largest absolute Gasteiger partial charge is 0.433 e. The molecule has 0 bridgehead atoms. The van der Waals surface area contributed by atoms with Crippen molar-refractivity contribution >= 4 is 5.88 Å². The van der Waals surface area contributed by atoms with Crippen LogP contribution in [0.2, 0.25) is 0 Å². The fourth-order valence-electron chi connectivity index (χ4n) is 1.97. The van der Waals surface area contributed by atoms with Crippen molar-refractivity contribution in [1.29, 1.82) is 0 Å². The molecule has 0 spiro atoms. The molecule has 0 aliphatic carbocycles. The van der Waals surface area contributed by atoms with Crippen molar-refractivity contribution in [3.05, 3.63) is 28.0 Å². The molecule has 1 aromatic rings. The molecule has 17 heavy (non-hydrogen) atoms. The van der Waals surface area contributed by atoms with Gasteiger partial charge in [0, 0.05) is 12.6 Å². The van der Waals surface area contributed by atoms with E-state index in [2.05, 4.69) is 12.2 Å². The van der Waals surface area contributed by atoms with Gasteiger partial charge in [-0.15, -0.1) is 0 Å². The molecule has 1 saturated heterocycles. The molecule has 2 atom stereocenters. The van der Waals surface area contributed by atoms with Crippen molar-refractivity contribution in [3.8, 4) is 0 Å². The van der Waals surface area contributed by atoms with E-state index in [9.17, 15) is 10.1 Å². The molecule has 1 aromatic heterocycles. The fourth-order valence-corrected chi connectivity index (χ4v) is 1.97. The van der Waals surface area contributed by atoms with Gasteiger partial charge in [-0.1, -0.05) is 6.92 Å². The van der Waals surface area contributed by atoms with Crippen molar-refractivity contribution in [2.75, 3.05) is 13.2 Å². The number of nitro groups is 1. The maximum Gasteiger partial charge on any atom is 0.433 e. The second-order valence-corrected chi connectivity index (χ2v) is 4.33. The molecule has 1 aliphatic rings. The maximum absolute atomic E-state index is 10.4. The van der Waals surface area contributed by atoms with Gasteiger partial charge in [-0.05, 0) is 18.4 Å². The molecule has 1 aliphatic heterocycles. The smallest absolute Gasteiger partial charge is 0.404 e. The molecule has 0 aromatic carbocycles. The van der Waals surface area contributed by atoms with E-state index in [0.29, 0.717) is 24.3 Å². The van der Waals surface area contributed by atoms with Crippen molar-refractivity contribution in [2.45, 2.75) is 25.9 Å². The van der Waals surface area contributed by atoms with Gasteiger partial charge in [-0.3, -0.25) is 10.1 Å². The number of nitrogens with zero attached hydrogens (tertiary/aromatic N) is 1. The van der Waals surface area contributed by atoms with Crippen molar-refractivity contribution in [3.63, 3.8) is 0 Å². The highest BCUT2D eigenvalue weighted by Gasteiger charge is 2.21. The lowest BCUT2D eigenvalue weighted by atomic mass is 9.98. The number of nitrogens with one attached hydrogen (secondary N) is 1. The highest BCUT2D eigenvalue weighted by atomic mass is 16.6. The van der Waals surface area contributed by atoms with Gasteiger partial charge in [0.2, 0.25) is 0 Å². The minimum absolute atomic E-state index is 0.207. The standard InChI is InChI=1S/C11H16N2O4/c1-8-7-16-5-4-10(8)12-6-9-2-3-11(17-9)13(14)15/h2-3,8,10,12H,4-7H2,1H3. The van der Waals surface area contributed by atoms with E-state index >= 15 is 0 Å². The van der Waals surface area contributed by atoms with E-state index in [0.717, 1.165) is 19.6 Å². The summed E-state index contributed by atoms with van der Waals surface area (Å²) in [5, 5.41) is 13.8. The molecule has 1 fully saturated rings. The first kappa shape index (κ1) is 12.1. The van der Waals surface area contributed by atoms with Gasteiger partial charge in [0.05, 0.1) is 19.2 Å². The molecule has 2 heterocycles. The Kier molecular flexibility index (Phi) is 3.75. The summed E-state index contributed by atoms with van der Waals surface area (Å²) >= 11 is 0. The first-order valence-electron chi connectivity index (χ1n) is 5.71. The fraction of sp³-hybridized carbons (Fsp3) is 0.636. The van der Waals surface area contributed by atoms with Gasteiger partial charge in [0.1, 0.15) is 10.7 Å². The number of rotatable bonds is 4. The summed E-state index contributed by atoms with van der Waals surface area (Å²) in [6.45, 7) is 4.17. The van der Waals surface area contributed by atoms with Gasteiger partial charge in [0.15, 0.2) is 0 Å². The quantitative estimate of drug-likeness (QED) is 0.640. The summed E-state index contributed by atoms with van der Waals surface area (Å²) in [5.74, 6) is 0.839. The molecule has 0 radical (unpaired) electrons. The predicted molar refractivity (Wildman–Crippen MR) is 60.6 cm³/mol. The first-order chi connectivity index (χ1) is 8.16. The Hall–Kier alpha value is -1.40. The van der Waals surface area contributed by atoms with Crippen LogP contribution in [0.5, 0.6) is 0 Å². The molecular formula is C11H16N2O4. The van der Waals surface area contributed by atoms with Crippen LogP contribution in [0.15, 0.2) is 16.5 Å². The Bertz CT molecular complexity index is 391. The monoisotopic (exact) mass is 240 g/mol. The number of hydrogen-bond donors (Lipinski definition) is 1. The second kappa shape index (κ2) is 5.29. The number of ether oxygens (including phenoxy) is 1. The molecule has 94 valence electrons.